The molecule has 6 heteroatoms. The van der Waals surface area contributed by atoms with Crippen LogP contribution in [0.3, 0.4) is 0 Å². The quantitative estimate of drug-likeness (QED) is 0.839. The Bertz CT molecular complexity index is 519. The van der Waals surface area contributed by atoms with Crippen molar-refractivity contribution in [1.29, 1.82) is 0 Å². The number of carbonyl (C=O) groups is 2. The lowest BCUT2D eigenvalue weighted by molar-refractivity contribution is -0.147. The molecule has 2 N–H and O–H groups in total. The molecule has 0 spiro atoms. The molecule has 0 aliphatic carbocycles. The number of fused-ring (bicyclic) bond motifs is 2. The third-order valence-electron chi connectivity index (χ3n) is 4.03. The van der Waals surface area contributed by atoms with Gasteiger partial charge in [0.2, 0.25) is 5.91 Å². The number of nitrogens with zero attached hydrogens (tertiary/aromatic N) is 1. The number of aliphatic carboxylic acids is 1. The van der Waals surface area contributed by atoms with Gasteiger partial charge >= 0.3 is 5.97 Å². The summed E-state index contributed by atoms with van der Waals surface area (Å²) in [6.45, 7) is 0.305. The SMILES string of the molecule is O=C(O)C1C2CCC(O2)C1C(=O)NCc1ccccn1. The topological polar surface area (TPSA) is 88.5 Å². The van der Waals surface area contributed by atoms with Crippen LogP contribution in [0, 0.1) is 11.8 Å². The van der Waals surface area contributed by atoms with E-state index in [0.29, 0.717) is 6.54 Å². The largest absolute Gasteiger partial charge is 0.481 e. The van der Waals surface area contributed by atoms with Crippen molar-refractivity contribution in [2.45, 2.75) is 31.6 Å². The maximum absolute atomic E-state index is 12.2. The number of carboxylic acid groups (broad SMARTS) is 1. The molecular formula is C14H16N2O4. The lowest BCUT2D eigenvalue weighted by Crippen LogP contribution is -2.43. The summed E-state index contributed by atoms with van der Waals surface area (Å²) in [6.07, 6.45) is 2.57. The molecule has 0 aromatic carbocycles. The minimum absolute atomic E-state index is 0.254. The van der Waals surface area contributed by atoms with Gasteiger partial charge in [0.05, 0.1) is 36.3 Å². The average Bonchev–Trinajstić information content (AvgIpc) is 3.06. The van der Waals surface area contributed by atoms with Gasteiger partial charge in [0.1, 0.15) is 0 Å². The average molecular weight is 276 g/mol. The van der Waals surface area contributed by atoms with E-state index in [4.69, 9.17) is 4.74 Å². The Morgan fingerprint density at radius 2 is 2.05 bits per heavy atom. The third-order valence-corrected chi connectivity index (χ3v) is 4.03. The number of carbonyl (C=O) groups excluding carboxylic acids is 1. The maximum Gasteiger partial charge on any atom is 0.310 e. The normalized spacial score (nSPS) is 31.2. The molecule has 1 amide bonds. The fourth-order valence-electron chi connectivity index (χ4n) is 3.12. The van der Waals surface area contributed by atoms with E-state index in [1.807, 2.05) is 12.1 Å². The number of carboxylic acids is 1. The van der Waals surface area contributed by atoms with Crippen molar-refractivity contribution < 1.29 is 19.4 Å². The van der Waals surface area contributed by atoms with Crippen molar-refractivity contribution >= 4 is 11.9 Å². The molecule has 1 aromatic heterocycles. The molecule has 6 nitrogen and oxygen atoms in total. The Hall–Kier alpha value is -1.95. The lowest BCUT2D eigenvalue weighted by atomic mass is 9.78. The van der Waals surface area contributed by atoms with Crippen LogP contribution in [-0.2, 0) is 20.9 Å². The van der Waals surface area contributed by atoms with Gasteiger partial charge in [0.25, 0.3) is 0 Å². The Morgan fingerprint density at radius 1 is 1.30 bits per heavy atom. The highest BCUT2D eigenvalue weighted by Gasteiger charge is 2.55. The molecule has 2 bridgehead atoms. The van der Waals surface area contributed by atoms with Gasteiger partial charge in [-0.3, -0.25) is 14.6 Å². The zero-order valence-corrected chi connectivity index (χ0v) is 10.9. The molecule has 2 fully saturated rings. The van der Waals surface area contributed by atoms with Gasteiger partial charge in [0.15, 0.2) is 0 Å². The van der Waals surface area contributed by atoms with E-state index >= 15 is 0 Å². The second-order valence-corrected chi connectivity index (χ2v) is 5.22. The van der Waals surface area contributed by atoms with Gasteiger partial charge in [-0.2, -0.15) is 0 Å². The second kappa shape index (κ2) is 5.20. The highest BCUT2D eigenvalue weighted by Crippen LogP contribution is 2.43. The number of hydrogen-bond donors (Lipinski definition) is 2. The van der Waals surface area contributed by atoms with Gasteiger partial charge in [-0.1, -0.05) is 6.07 Å². The number of hydrogen-bond acceptors (Lipinski definition) is 4. The van der Waals surface area contributed by atoms with Crippen LogP contribution in [0.15, 0.2) is 24.4 Å². The summed E-state index contributed by atoms with van der Waals surface area (Å²) in [7, 11) is 0. The zero-order chi connectivity index (χ0) is 14.1. The van der Waals surface area contributed by atoms with E-state index in [-0.39, 0.29) is 18.1 Å². The fraction of sp³-hybridized carbons (Fsp3) is 0.500. The number of pyridine rings is 1. The Labute approximate surface area is 116 Å². The standard InChI is InChI=1S/C14H16N2O4/c17-13(16-7-8-3-1-2-6-15-8)11-9-4-5-10(20-9)12(11)14(18)19/h1-3,6,9-12H,4-5,7H2,(H,16,17)(H,18,19). The fourth-order valence-corrected chi connectivity index (χ4v) is 3.12. The predicted molar refractivity (Wildman–Crippen MR) is 68.6 cm³/mol. The molecule has 2 aliphatic rings. The molecule has 4 atom stereocenters. The lowest BCUT2D eigenvalue weighted by Gasteiger charge is -2.23. The first kappa shape index (κ1) is 13.1. The number of rotatable bonds is 4. The molecule has 20 heavy (non-hydrogen) atoms. The van der Waals surface area contributed by atoms with E-state index in [1.54, 1.807) is 12.3 Å². The molecular weight excluding hydrogens is 260 g/mol. The number of amides is 1. The van der Waals surface area contributed by atoms with E-state index in [9.17, 15) is 14.7 Å². The summed E-state index contributed by atoms with van der Waals surface area (Å²) in [5.41, 5.74) is 0.747. The first-order valence-corrected chi connectivity index (χ1v) is 6.72. The van der Waals surface area contributed by atoms with Crippen LogP contribution in [-0.4, -0.2) is 34.2 Å². The number of ether oxygens (including phenoxy) is 1. The summed E-state index contributed by atoms with van der Waals surface area (Å²) in [5, 5.41) is 12.0. The molecule has 0 radical (unpaired) electrons. The van der Waals surface area contributed by atoms with Gasteiger partial charge in [-0.15, -0.1) is 0 Å². The van der Waals surface area contributed by atoms with Crippen LogP contribution in [0.4, 0.5) is 0 Å². The highest BCUT2D eigenvalue weighted by atomic mass is 16.5. The number of aromatic nitrogens is 1. The van der Waals surface area contributed by atoms with Crippen LogP contribution in [0.1, 0.15) is 18.5 Å². The van der Waals surface area contributed by atoms with Crippen LogP contribution < -0.4 is 5.32 Å². The minimum Gasteiger partial charge on any atom is -0.481 e. The maximum atomic E-state index is 12.2. The molecule has 3 heterocycles. The molecule has 3 rings (SSSR count). The molecule has 4 unspecified atom stereocenters. The summed E-state index contributed by atoms with van der Waals surface area (Å²) < 4.78 is 5.57. The van der Waals surface area contributed by atoms with E-state index < -0.39 is 17.8 Å². The monoisotopic (exact) mass is 276 g/mol. The second-order valence-electron chi connectivity index (χ2n) is 5.22. The Balaban J connectivity index is 1.66. The number of nitrogens with one attached hydrogen (secondary N) is 1. The zero-order valence-electron chi connectivity index (χ0n) is 10.9. The third kappa shape index (κ3) is 2.27. The van der Waals surface area contributed by atoms with Crippen molar-refractivity contribution in [1.82, 2.24) is 10.3 Å². The predicted octanol–water partition coefficient (Wildman–Crippen LogP) is 0.576. The minimum atomic E-state index is -0.949. The molecule has 0 saturated carbocycles. The van der Waals surface area contributed by atoms with Crippen molar-refractivity contribution in [2.75, 3.05) is 0 Å². The highest BCUT2D eigenvalue weighted by molar-refractivity contribution is 5.86. The molecule has 2 saturated heterocycles. The summed E-state index contributed by atoms with van der Waals surface area (Å²) >= 11 is 0. The molecule has 1 aromatic rings. The summed E-state index contributed by atoms with van der Waals surface area (Å²) in [5.74, 6) is -2.52. The van der Waals surface area contributed by atoms with Crippen molar-refractivity contribution in [3.8, 4) is 0 Å². The van der Waals surface area contributed by atoms with E-state index in [2.05, 4.69) is 10.3 Å². The van der Waals surface area contributed by atoms with Gasteiger partial charge < -0.3 is 15.2 Å². The van der Waals surface area contributed by atoms with Crippen molar-refractivity contribution in [3.05, 3.63) is 30.1 Å². The smallest absolute Gasteiger partial charge is 0.310 e. The van der Waals surface area contributed by atoms with Crippen LogP contribution >= 0.6 is 0 Å². The van der Waals surface area contributed by atoms with Crippen LogP contribution in [0.25, 0.3) is 0 Å². The van der Waals surface area contributed by atoms with Gasteiger partial charge in [0, 0.05) is 6.20 Å². The Morgan fingerprint density at radius 3 is 2.70 bits per heavy atom. The summed E-state index contributed by atoms with van der Waals surface area (Å²) in [4.78, 5) is 27.7. The van der Waals surface area contributed by atoms with E-state index in [0.717, 1.165) is 18.5 Å². The van der Waals surface area contributed by atoms with Crippen molar-refractivity contribution in [3.63, 3.8) is 0 Å². The van der Waals surface area contributed by atoms with Gasteiger partial charge in [-0.25, -0.2) is 0 Å². The summed E-state index contributed by atoms with van der Waals surface area (Å²) in [6, 6.07) is 5.46. The Kier molecular flexibility index (Phi) is 3.40. The molecule has 106 valence electrons. The van der Waals surface area contributed by atoms with E-state index in [1.165, 1.54) is 0 Å². The first-order valence-electron chi connectivity index (χ1n) is 6.72. The van der Waals surface area contributed by atoms with Crippen LogP contribution in [0.2, 0.25) is 0 Å². The first-order chi connectivity index (χ1) is 9.66. The van der Waals surface area contributed by atoms with Crippen molar-refractivity contribution in [2.24, 2.45) is 11.8 Å². The molecule has 2 aliphatic heterocycles. The van der Waals surface area contributed by atoms with Gasteiger partial charge in [-0.05, 0) is 25.0 Å². The van der Waals surface area contributed by atoms with Crippen LogP contribution in [0.5, 0.6) is 0 Å².